The molecule has 2 rings (SSSR count). The quantitative estimate of drug-likeness (QED) is 0.203. The summed E-state index contributed by atoms with van der Waals surface area (Å²) >= 11 is 1.31. The molecule has 192 valence electrons. The Labute approximate surface area is 205 Å². The highest BCUT2D eigenvalue weighted by molar-refractivity contribution is 7.10. The third-order valence-corrected chi connectivity index (χ3v) is 5.21. The van der Waals surface area contributed by atoms with Crippen LogP contribution in [0.1, 0.15) is 32.6 Å². The molecule has 1 aromatic rings. The molecular weight excluding hydrogens is 488 g/mol. The normalized spacial score (nSPS) is 24.0. The van der Waals surface area contributed by atoms with Gasteiger partial charge in [-0.15, -0.1) is 11.3 Å². The molecule has 1 saturated heterocycles. The summed E-state index contributed by atoms with van der Waals surface area (Å²) in [6.45, 7) is 4.02. The molecule has 35 heavy (non-hydrogen) atoms. The summed E-state index contributed by atoms with van der Waals surface area (Å²) in [6.07, 6.45) is -5.65. The minimum Gasteiger partial charge on any atom is -0.463 e. The average Bonchev–Trinajstić information content (AvgIpc) is 3.27. The lowest BCUT2D eigenvalue weighted by atomic mass is 9.98. The van der Waals surface area contributed by atoms with E-state index in [1.807, 2.05) is 0 Å². The first-order chi connectivity index (χ1) is 16.5. The first-order valence-electron chi connectivity index (χ1n) is 10.3. The SMILES string of the molecule is COC(=O)/C(=C/c1cccs1)O[C@H]1O[C@@H](COC(C)=O)[C@H](OC(C)=O)[C@@H](OC(C)=O)[C@@H]1OC(C)=O. The zero-order chi connectivity index (χ0) is 26.1. The number of esters is 5. The third kappa shape index (κ3) is 8.37. The Morgan fingerprint density at radius 3 is 2.00 bits per heavy atom. The number of methoxy groups -OCH3 is 1. The second-order valence-electron chi connectivity index (χ2n) is 7.20. The summed E-state index contributed by atoms with van der Waals surface area (Å²) in [5.74, 6) is -4.20. The number of rotatable bonds is 9. The van der Waals surface area contributed by atoms with Gasteiger partial charge in [0.05, 0.1) is 7.11 Å². The monoisotopic (exact) mass is 514 g/mol. The molecule has 1 fully saturated rings. The molecule has 5 atom stereocenters. The van der Waals surface area contributed by atoms with Crippen molar-refractivity contribution in [3.05, 3.63) is 28.1 Å². The molecule has 1 aromatic heterocycles. The molecule has 0 amide bonds. The molecule has 0 aromatic carbocycles. The molecule has 0 spiro atoms. The molecule has 1 aliphatic heterocycles. The van der Waals surface area contributed by atoms with Crippen LogP contribution in [0.3, 0.4) is 0 Å². The van der Waals surface area contributed by atoms with Gasteiger partial charge in [-0.1, -0.05) is 6.07 Å². The van der Waals surface area contributed by atoms with Crippen LogP contribution in [0, 0.1) is 0 Å². The van der Waals surface area contributed by atoms with Crippen molar-refractivity contribution in [3.8, 4) is 0 Å². The van der Waals surface area contributed by atoms with Crippen molar-refractivity contribution in [2.45, 2.75) is 58.4 Å². The lowest BCUT2D eigenvalue weighted by molar-refractivity contribution is -0.299. The predicted octanol–water partition coefficient (Wildman–Crippen LogP) is 1.36. The van der Waals surface area contributed by atoms with Gasteiger partial charge in [0.1, 0.15) is 12.7 Å². The van der Waals surface area contributed by atoms with E-state index in [1.165, 1.54) is 17.4 Å². The van der Waals surface area contributed by atoms with E-state index < -0.39 is 67.2 Å². The minimum atomic E-state index is -1.55. The van der Waals surface area contributed by atoms with Crippen LogP contribution >= 0.6 is 11.3 Å². The lowest BCUT2D eigenvalue weighted by Crippen LogP contribution is -2.63. The second-order valence-corrected chi connectivity index (χ2v) is 8.18. The van der Waals surface area contributed by atoms with Crippen molar-refractivity contribution in [3.63, 3.8) is 0 Å². The second kappa shape index (κ2) is 12.9. The van der Waals surface area contributed by atoms with E-state index in [4.69, 9.17) is 33.2 Å². The minimum absolute atomic E-state index is 0.309. The summed E-state index contributed by atoms with van der Waals surface area (Å²) in [6, 6.07) is 3.46. The predicted molar refractivity (Wildman–Crippen MR) is 117 cm³/mol. The third-order valence-electron chi connectivity index (χ3n) is 4.39. The lowest BCUT2D eigenvalue weighted by Gasteiger charge is -2.43. The first kappa shape index (κ1) is 27.8. The number of carbonyl (C=O) groups is 5. The van der Waals surface area contributed by atoms with Crippen LogP contribution < -0.4 is 0 Å². The van der Waals surface area contributed by atoms with Crippen LogP contribution in [0.15, 0.2) is 23.3 Å². The molecule has 0 N–H and O–H groups in total. The van der Waals surface area contributed by atoms with E-state index in [2.05, 4.69) is 0 Å². The van der Waals surface area contributed by atoms with Gasteiger partial charge in [-0.2, -0.15) is 0 Å². The van der Waals surface area contributed by atoms with E-state index in [1.54, 1.807) is 17.5 Å². The van der Waals surface area contributed by atoms with Gasteiger partial charge in [-0.05, 0) is 11.4 Å². The van der Waals surface area contributed by atoms with Crippen molar-refractivity contribution in [1.82, 2.24) is 0 Å². The fourth-order valence-corrected chi connectivity index (χ4v) is 3.80. The summed E-state index contributed by atoms with van der Waals surface area (Å²) in [4.78, 5) is 60.0. The fourth-order valence-electron chi connectivity index (χ4n) is 3.15. The number of thiophene rings is 1. The van der Waals surface area contributed by atoms with Gasteiger partial charge in [-0.3, -0.25) is 19.2 Å². The Kier molecular flexibility index (Phi) is 10.2. The molecule has 0 unspecified atom stereocenters. The van der Waals surface area contributed by atoms with Crippen molar-refractivity contribution in [1.29, 1.82) is 0 Å². The van der Waals surface area contributed by atoms with E-state index in [0.29, 0.717) is 4.88 Å². The van der Waals surface area contributed by atoms with Crippen LogP contribution in [-0.4, -0.2) is 74.3 Å². The summed E-state index contributed by atoms with van der Waals surface area (Å²) in [5, 5.41) is 1.77. The molecule has 0 bridgehead atoms. The highest BCUT2D eigenvalue weighted by atomic mass is 32.1. The number of hydrogen-bond donors (Lipinski definition) is 0. The maximum Gasteiger partial charge on any atom is 0.373 e. The number of carbonyl (C=O) groups excluding carboxylic acids is 5. The van der Waals surface area contributed by atoms with E-state index >= 15 is 0 Å². The van der Waals surface area contributed by atoms with E-state index in [9.17, 15) is 24.0 Å². The molecule has 12 nitrogen and oxygen atoms in total. The Bertz CT molecular complexity index is 954. The van der Waals surface area contributed by atoms with Crippen LogP contribution in [0.5, 0.6) is 0 Å². The maximum atomic E-state index is 12.4. The van der Waals surface area contributed by atoms with Gasteiger partial charge in [0.15, 0.2) is 12.2 Å². The van der Waals surface area contributed by atoms with Gasteiger partial charge in [0.2, 0.25) is 18.2 Å². The summed E-state index contributed by atoms with van der Waals surface area (Å²) in [7, 11) is 1.14. The maximum absolute atomic E-state index is 12.4. The van der Waals surface area contributed by atoms with Crippen LogP contribution in [0.2, 0.25) is 0 Å². The molecule has 0 aliphatic carbocycles. The molecule has 0 saturated carbocycles. The number of ether oxygens (including phenoxy) is 7. The Balaban J connectivity index is 2.52. The van der Waals surface area contributed by atoms with Crippen molar-refractivity contribution in [2.75, 3.05) is 13.7 Å². The summed E-state index contributed by atoms with van der Waals surface area (Å²) < 4.78 is 37.3. The number of hydrogen-bond acceptors (Lipinski definition) is 13. The largest absolute Gasteiger partial charge is 0.463 e. The summed E-state index contributed by atoms with van der Waals surface area (Å²) in [5.41, 5.74) is 0. The Morgan fingerprint density at radius 2 is 1.49 bits per heavy atom. The molecule has 1 aliphatic rings. The van der Waals surface area contributed by atoms with Crippen molar-refractivity contribution >= 4 is 47.3 Å². The van der Waals surface area contributed by atoms with Gasteiger partial charge < -0.3 is 33.2 Å². The van der Waals surface area contributed by atoms with Gasteiger partial charge >= 0.3 is 29.8 Å². The standard InChI is InChI=1S/C22H26O12S/c1-11(23)29-10-17-18(30-12(2)24)19(31-13(3)25)20(32-14(4)26)22(34-17)33-16(21(27)28-5)9-15-7-6-8-35-15/h6-9,17-20,22H,10H2,1-5H3/b16-9-/t17-,18-,19+,20-,22-/m0/s1. The van der Waals surface area contributed by atoms with Crippen molar-refractivity contribution in [2.24, 2.45) is 0 Å². The highest BCUT2D eigenvalue weighted by Gasteiger charge is 2.53. The van der Waals surface area contributed by atoms with Crippen LogP contribution in [0.25, 0.3) is 6.08 Å². The van der Waals surface area contributed by atoms with Gasteiger partial charge in [0, 0.05) is 38.6 Å². The fraction of sp³-hybridized carbons (Fsp3) is 0.500. The van der Waals surface area contributed by atoms with E-state index in [-0.39, 0.29) is 5.76 Å². The Morgan fingerprint density at radius 1 is 0.886 bits per heavy atom. The molecule has 0 radical (unpaired) electrons. The zero-order valence-corrected chi connectivity index (χ0v) is 20.5. The highest BCUT2D eigenvalue weighted by Crippen LogP contribution is 2.31. The van der Waals surface area contributed by atoms with E-state index in [0.717, 1.165) is 34.8 Å². The molecule has 2 heterocycles. The van der Waals surface area contributed by atoms with Gasteiger partial charge in [0.25, 0.3) is 0 Å². The van der Waals surface area contributed by atoms with Crippen molar-refractivity contribution < 1.29 is 57.1 Å². The van der Waals surface area contributed by atoms with Gasteiger partial charge in [-0.25, -0.2) is 4.79 Å². The van der Waals surface area contributed by atoms with Crippen LogP contribution in [-0.2, 0) is 57.1 Å². The first-order valence-corrected chi connectivity index (χ1v) is 11.2. The Hall–Kier alpha value is -3.45. The molecule has 13 heteroatoms. The average molecular weight is 515 g/mol. The molecular formula is C22H26O12S. The zero-order valence-electron chi connectivity index (χ0n) is 19.7. The topological polar surface area (TPSA) is 150 Å². The smallest absolute Gasteiger partial charge is 0.373 e. The van der Waals surface area contributed by atoms with Crippen LogP contribution in [0.4, 0.5) is 0 Å².